The first-order valence-corrected chi connectivity index (χ1v) is 8.20. The van der Waals surface area contributed by atoms with Crippen molar-refractivity contribution in [2.24, 2.45) is 0 Å². The predicted octanol–water partition coefficient (Wildman–Crippen LogP) is 7.04. The van der Waals surface area contributed by atoms with E-state index in [-0.39, 0.29) is 0 Å². The van der Waals surface area contributed by atoms with Crippen molar-refractivity contribution in [3.63, 3.8) is 0 Å². The summed E-state index contributed by atoms with van der Waals surface area (Å²) in [5, 5.41) is 0. The molecular formula is C17H42O. The van der Waals surface area contributed by atoms with Crippen LogP contribution in [0.15, 0.2) is 0 Å². The quantitative estimate of drug-likeness (QED) is 0.450. The van der Waals surface area contributed by atoms with Gasteiger partial charge < -0.3 is 4.79 Å². The summed E-state index contributed by atoms with van der Waals surface area (Å²) in [5.41, 5.74) is 0. The highest BCUT2D eigenvalue weighted by atomic mass is 16.1. The van der Waals surface area contributed by atoms with E-state index < -0.39 is 0 Å². The minimum Gasteiger partial charge on any atom is -0.307 e. The van der Waals surface area contributed by atoms with Crippen molar-refractivity contribution in [2.45, 2.75) is 107 Å². The van der Waals surface area contributed by atoms with Gasteiger partial charge >= 0.3 is 0 Å². The number of unbranched alkanes of at least 4 members (excludes halogenated alkanes) is 7. The Hall–Kier alpha value is -0.330. The Balaban J connectivity index is -0.0000000596. The van der Waals surface area contributed by atoms with Crippen LogP contribution in [0.25, 0.3) is 0 Å². The molecule has 0 rings (SSSR count). The number of rotatable bonds is 7. The summed E-state index contributed by atoms with van der Waals surface area (Å²) in [5.74, 6) is 0. The average Bonchev–Trinajstić information content (AvgIpc) is 2.51. The van der Waals surface area contributed by atoms with Gasteiger partial charge in [-0.2, -0.15) is 0 Å². The lowest BCUT2D eigenvalue weighted by Gasteiger charge is -1.97. The highest BCUT2D eigenvalue weighted by molar-refractivity contribution is 5.10. The zero-order chi connectivity index (χ0) is 15.7. The third-order valence-electron chi connectivity index (χ3n) is 1.96. The molecule has 0 aliphatic heterocycles. The molecule has 0 atom stereocenters. The first-order valence-electron chi connectivity index (χ1n) is 8.20. The van der Waals surface area contributed by atoms with Crippen LogP contribution in [-0.2, 0) is 4.79 Å². The topological polar surface area (TPSA) is 17.1 Å². The van der Waals surface area contributed by atoms with Gasteiger partial charge in [-0.3, -0.25) is 0 Å². The summed E-state index contributed by atoms with van der Waals surface area (Å²) in [4.78, 5) is 8.00. The number of hydrogen-bond donors (Lipinski definition) is 0. The van der Waals surface area contributed by atoms with Gasteiger partial charge in [0.2, 0.25) is 0 Å². The van der Waals surface area contributed by atoms with E-state index in [1.807, 2.05) is 48.3 Å². The molecule has 0 aliphatic rings. The fourth-order valence-corrected chi connectivity index (χ4v) is 1.21. The highest BCUT2D eigenvalue weighted by Gasteiger charge is 1.87. The molecular weight excluding hydrogens is 220 g/mol. The highest BCUT2D eigenvalue weighted by Crippen LogP contribution is 2.07. The van der Waals surface area contributed by atoms with Gasteiger partial charge in [-0.25, -0.2) is 0 Å². The maximum absolute atomic E-state index is 8.00. The second kappa shape index (κ2) is 69.6. The van der Waals surface area contributed by atoms with Crippen LogP contribution >= 0.6 is 0 Å². The SMILES string of the molecule is C=O.CC.CC.CC.CCCCCCCCCC. The van der Waals surface area contributed by atoms with Crippen molar-refractivity contribution in [1.29, 1.82) is 0 Å². The fraction of sp³-hybridized carbons (Fsp3) is 0.941. The molecule has 0 saturated carbocycles. The molecule has 116 valence electrons. The van der Waals surface area contributed by atoms with Crippen LogP contribution in [0.4, 0.5) is 0 Å². The Morgan fingerprint density at radius 1 is 0.500 bits per heavy atom. The number of hydrogen-bond acceptors (Lipinski definition) is 1. The van der Waals surface area contributed by atoms with E-state index in [9.17, 15) is 0 Å². The Bertz CT molecular complexity index is 54.6. The molecule has 0 unspecified atom stereocenters. The van der Waals surface area contributed by atoms with Crippen LogP contribution in [0.2, 0.25) is 0 Å². The molecule has 1 nitrogen and oxygen atoms in total. The molecule has 0 aromatic carbocycles. The Kier molecular flexibility index (Phi) is 118. The van der Waals surface area contributed by atoms with Crippen LogP contribution in [0, 0.1) is 0 Å². The van der Waals surface area contributed by atoms with Crippen LogP contribution < -0.4 is 0 Å². The van der Waals surface area contributed by atoms with Crippen molar-refractivity contribution in [3.05, 3.63) is 0 Å². The van der Waals surface area contributed by atoms with Crippen LogP contribution in [-0.4, -0.2) is 6.79 Å². The second-order valence-electron chi connectivity index (χ2n) is 3.12. The standard InChI is InChI=1S/C10H22.3C2H6.CH2O/c1-3-5-7-9-10-8-6-4-2;4*1-2/h3-10H2,1-2H3;3*1-2H3;1H2. The van der Waals surface area contributed by atoms with Crippen LogP contribution in [0.3, 0.4) is 0 Å². The van der Waals surface area contributed by atoms with E-state index in [0.717, 1.165) is 0 Å². The summed E-state index contributed by atoms with van der Waals surface area (Å²) in [7, 11) is 0. The Morgan fingerprint density at radius 2 is 0.667 bits per heavy atom. The number of carbonyl (C=O) groups excluding carboxylic acids is 1. The Labute approximate surface area is 119 Å². The van der Waals surface area contributed by atoms with Crippen LogP contribution in [0.5, 0.6) is 0 Å². The van der Waals surface area contributed by atoms with Crippen molar-refractivity contribution in [3.8, 4) is 0 Å². The molecule has 0 amide bonds. The molecule has 0 aromatic rings. The third kappa shape index (κ3) is 75.8. The first-order chi connectivity index (χ1) is 8.91. The van der Waals surface area contributed by atoms with Gasteiger partial charge in [0.15, 0.2) is 0 Å². The van der Waals surface area contributed by atoms with Gasteiger partial charge in [0.25, 0.3) is 0 Å². The molecule has 0 heterocycles. The Morgan fingerprint density at radius 3 is 0.833 bits per heavy atom. The van der Waals surface area contributed by atoms with Crippen molar-refractivity contribution in [1.82, 2.24) is 0 Å². The molecule has 0 N–H and O–H groups in total. The molecule has 18 heavy (non-hydrogen) atoms. The zero-order valence-corrected chi connectivity index (χ0v) is 14.8. The molecule has 0 bridgehead atoms. The maximum atomic E-state index is 8.00. The van der Waals surface area contributed by atoms with Crippen molar-refractivity contribution >= 4 is 6.79 Å². The summed E-state index contributed by atoms with van der Waals surface area (Å²) in [6.07, 6.45) is 11.5. The molecule has 0 fully saturated rings. The summed E-state index contributed by atoms with van der Waals surface area (Å²) < 4.78 is 0. The second-order valence-corrected chi connectivity index (χ2v) is 3.12. The maximum Gasteiger partial charge on any atom is 0.106 e. The molecule has 0 radical (unpaired) electrons. The predicted molar refractivity (Wildman–Crippen MR) is 89.4 cm³/mol. The first kappa shape index (κ1) is 30.6. The van der Waals surface area contributed by atoms with E-state index >= 15 is 0 Å². The molecule has 0 saturated heterocycles. The summed E-state index contributed by atoms with van der Waals surface area (Å²) in [6.45, 7) is 18.5. The molecule has 0 spiro atoms. The van der Waals surface area contributed by atoms with Crippen LogP contribution in [0.1, 0.15) is 107 Å². The van der Waals surface area contributed by atoms with E-state index in [4.69, 9.17) is 4.79 Å². The lowest BCUT2D eigenvalue weighted by Crippen LogP contribution is -1.77. The monoisotopic (exact) mass is 262 g/mol. The van der Waals surface area contributed by atoms with E-state index in [1.165, 1.54) is 51.4 Å². The number of carbonyl (C=O) groups is 1. The average molecular weight is 263 g/mol. The normalized spacial score (nSPS) is 6.89. The van der Waals surface area contributed by atoms with E-state index in [2.05, 4.69) is 13.8 Å². The lowest BCUT2D eigenvalue weighted by molar-refractivity contribution is -0.0979. The molecule has 0 aromatic heterocycles. The van der Waals surface area contributed by atoms with Gasteiger partial charge in [-0.05, 0) is 0 Å². The largest absolute Gasteiger partial charge is 0.307 e. The van der Waals surface area contributed by atoms with Gasteiger partial charge in [-0.15, -0.1) is 0 Å². The minimum absolute atomic E-state index is 1.37. The lowest BCUT2D eigenvalue weighted by atomic mass is 10.1. The fourth-order valence-electron chi connectivity index (χ4n) is 1.21. The zero-order valence-electron chi connectivity index (χ0n) is 14.8. The van der Waals surface area contributed by atoms with Gasteiger partial charge in [0, 0.05) is 0 Å². The summed E-state index contributed by atoms with van der Waals surface area (Å²) >= 11 is 0. The van der Waals surface area contributed by atoms with Crippen molar-refractivity contribution < 1.29 is 4.79 Å². The van der Waals surface area contributed by atoms with Gasteiger partial charge in [0.1, 0.15) is 6.79 Å². The van der Waals surface area contributed by atoms with Gasteiger partial charge in [0.05, 0.1) is 0 Å². The molecule has 0 aliphatic carbocycles. The van der Waals surface area contributed by atoms with E-state index in [0.29, 0.717) is 0 Å². The molecule has 1 heteroatoms. The van der Waals surface area contributed by atoms with E-state index in [1.54, 1.807) is 0 Å². The van der Waals surface area contributed by atoms with Crippen molar-refractivity contribution in [2.75, 3.05) is 0 Å². The summed E-state index contributed by atoms with van der Waals surface area (Å²) in [6, 6.07) is 0. The third-order valence-corrected chi connectivity index (χ3v) is 1.96. The minimum atomic E-state index is 1.37. The smallest absolute Gasteiger partial charge is 0.106 e. The van der Waals surface area contributed by atoms with Gasteiger partial charge in [-0.1, -0.05) is 107 Å².